The van der Waals surface area contributed by atoms with Gasteiger partial charge in [0.1, 0.15) is 5.69 Å². The molecule has 2 aromatic carbocycles. The zero-order valence-corrected chi connectivity index (χ0v) is 15.5. The molecule has 2 heterocycles. The number of aryl methyl sites for hydroxylation is 1. The largest absolute Gasteiger partial charge is 0.370 e. The van der Waals surface area contributed by atoms with Crippen molar-refractivity contribution in [3.05, 3.63) is 54.1 Å². The molecule has 0 saturated heterocycles. The topological polar surface area (TPSA) is 34.0 Å². The van der Waals surface area contributed by atoms with Gasteiger partial charge in [-0.1, -0.05) is 68.4 Å². The van der Waals surface area contributed by atoms with Gasteiger partial charge in [-0.25, -0.2) is 4.68 Å². The molecule has 0 spiro atoms. The van der Waals surface area contributed by atoms with Crippen LogP contribution in [0.15, 0.2) is 48.5 Å². The van der Waals surface area contributed by atoms with Gasteiger partial charge in [0.05, 0.1) is 5.69 Å². The summed E-state index contributed by atoms with van der Waals surface area (Å²) in [7, 11) is 2.15. The third kappa shape index (κ3) is 3.04. The van der Waals surface area contributed by atoms with Gasteiger partial charge in [-0.2, -0.15) is 0 Å². The number of nitrogens with zero attached hydrogens (tertiary/aromatic N) is 4. The monoisotopic (exact) mass is 334 g/mol. The first-order chi connectivity index (χ1) is 12.3. The van der Waals surface area contributed by atoms with Gasteiger partial charge in [0.2, 0.25) is 0 Å². The van der Waals surface area contributed by atoms with Crippen molar-refractivity contribution in [2.75, 3.05) is 11.9 Å². The van der Waals surface area contributed by atoms with E-state index in [1.54, 1.807) is 0 Å². The van der Waals surface area contributed by atoms with Crippen LogP contribution in [0.2, 0.25) is 0 Å². The lowest BCUT2D eigenvalue weighted by Gasteiger charge is -2.26. The molecule has 0 N–H and O–H groups in total. The molecule has 1 aliphatic heterocycles. The lowest BCUT2D eigenvalue weighted by atomic mass is 9.96. The Morgan fingerprint density at radius 2 is 1.64 bits per heavy atom. The molecule has 3 aromatic rings. The summed E-state index contributed by atoms with van der Waals surface area (Å²) in [4.78, 5) is 2.31. The van der Waals surface area contributed by atoms with Crippen LogP contribution in [0.5, 0.6) is 0 Å². The van der Waals surface area contributed by atoms with E-state index in [0.717, 1.165) is 30.9 Å². The van der Waals surface area contributed by atoms with Crippen molar-refractivity contribution in [2.45, 2.75) is 40.3 Å². The quantitative estimate of drug-likeness (QED) is 0.661. The van der Waals surface area contributed by atoms with Crippen molar-refractivity contribution in [3.63, 3.8) is 0 Å². The van der Waals surface area contributed by atoms with Gasteiger partial charge in [0, 0.05) is 37.0 Å². The van der Waals surface area contributed by atoms with E-state index in [-0.39, 0.29) is 0 Å². The summed E-state index contributed by atoms with van der Waals surface area (Å²) < 4.78 is 2.05. The highest BCUT2D eigenvalue weighted by molar-refractivity contribution is 5.87. The first-order valence-electron chi connectivity index (χ1n) is 9.12. The second-order valence-corrected chi connectivity index (χ2v) is 6.04. The molecule has 0 unspecified atom stereocenters. The summed E-state index contributed by atoms with van der Waals surface area (Å²) in [5.74, 6) is 0. The van der Waals surface area contributed by atoms with Crippen molar-refractivity contribution in [3.8, 4) is 22.5 Å². The Kier molecular flexibility index (Phi) is 5.17. The maximum atomic E-state index is 4.54. The van der Waals surface area contributed by atoms with E-state index >= 15 is 0 Å². The fraction of sp³-hybridized carbons (Fsp3) is 0.333. The van der Waals surface area contributed by atoms with Gasteiger partial charge in [-0.15, -0.1) is 5.10 Å². The van der Waals surface area contributed by atoms with Crippen molar-refractivity contribution in [1.82, 2.24) is 15.0 Å². The van der Waals surface area contributed by atoms with E-state index in [1.165, 1.54) is 22.4 Å². The van der Waals surface area contributed by atoms with Crippen LogP contribution in [-0.4, -0.2) is 22.0 Å². The van der Waals surface area contributed by atoms with Crippen LogP contribution in [-0.2, 0) is 13.1 Å². The van der Waals surface area contributed by atoms with Crippen LogP contribution < -0.4 is 4.90 Å². The Balaban J connectivity index is 0.000000880. The van der Waals surface area contributed by atoms with Gasteiger partial charge in [-0.05, 0) is 18.1 Å². The van der Waals surface area contributed by atoms with Crippen LogP contribution in [0.3, 0.4) is 0 Å². The minimum atomic E-state index is 0.868. The Morgan fingerprint density at radius 3 is 2.40 bits per heavy atom. The van der Waals surface area contributed by atoms with E-state index in [4.69, 9.17) is 0 Å². The number of hydrogen-bond acceptors (Lipinski definition) is 3. The van der Waals surface area contributed by atoms with E-state index < -0.39 is 0 Å². The molecule has 0 atom stereocenters. The number of anilines is 1. The number of hydrogen-bond donors (Lipinski definition) is 0. The van der Waals surface area contributed by atoms with Crippen LogP contribution in [0.4, 0.5) is 5.69 Å². The van der Waals surface area contributed by atoms with Crippen molar-refractivity contribution >= 4 is 5.69 Å². The number of fused-ring (bicyclic) bond motifs is 5. The van der Waals surface area contributed by atoms with Crippen molar-refractivity contribution < 1.29 is 0 Å². The maximum Gasteiger partial charge on any atom is 0.121 e. The summed E-state index contributed by atoms with van der Waals surface area (Å²) in [5, 5.41) is 8.98. The van der Waals surface area contributed by atoms with Crippen LogP contribution >= 0.6 is 0 Å². The zero-order chi connectivity index (χ0) is 17.8. The molecular formula is C21H26N4. The van der Waals surface area contributed by atoms with Crippen LogP contribution in [0, 0.1) is 0 Å². The third-order valence-electron chi connectivity index (χ3n) is 4.42. The molecule has 0 fully saturated rings. The Bertz CT molecular complexity index is 851. The second kappa shape index (κ2) is 7.51. The molecule has 25 heavy (non-hydrogen) atoms. The maximum absolute atomic E-state index is 4.54. The highest BCUT2D eigenvalue weighted by atomic mass is 15.4. The minimum Gasteiger partial charge on any atom is -0.370 e. The van der Waals surface area contributed by atoms with E-state index in [9.17, 15) is 0 Å². The average Bonchev–Trinajstić information content (AvgIpc) is 3.06. The summed E-state index contributed by atoms with van der Waals surface area (Å²) in [5.41, 5.74) is 7.03. The first kappa shape index (κ1) is 17.2. The minimum absolute atomic E-state index is 0.868. The Labute approximate surface area is 150 Å². The van der Waals surface area contributed by atoms with Gasteiger partial charge in [-0.3, -0.25) is 0 Å². The molecule has 1 aromatic heterocycles. The molecule has 130 valence electrons. The lowest BCUT2D eigenvalue weighted by Crippen LogP contribution is -2.19. The summed E-state index contributed by atoms with van der Waals surface area (Å²) >= 11 is 0. The van der Waals surface area contributed by atoms with Crippen LogP contribution in [0.1, 0.15) is 32.8 Å². The molecule has 1 aliphatic rings. The number of aromatic nitrogens is 3. The number of rotatable bonds is 2. The number of para-hydroxylation sites is 1. The lowest BCUT2D eigenvalue weighted by molar-refractivity contribution is 0.584. The summed E-state index contributed by atoms with van der Waals surface area (Å²) in [6.07, 6.45) is 1.04. The first-order valence-corrected chi connectivity index (χ1v) is 9.12. The summed E-state index contributed by atoms with van der Waals surface area (Å²) in [6.45, 7) is 7.92. The van der Waals surface area contributed by atoms with Crippen molar-refractivity contribution in [1.29, 1.82) is 0 Å². The van der Waals surface area contributed by atoms with Gasteiger partial charge >= 0.3 is 0 Å². The normalized spacial score (nSPS) is 12.1. The van der Waals surface area contributed by atoms with Gasteiger partial charge < -0.3 is 4.90 Å². The predicted octanol–water partition coefficient (Wildman–Crippen LogP) is 5.00. The van der Waals surface area contributed by atoms with Crippen LogP contribution in [0.25, 0.3) is 22.5 Å². The van der Waals surface area contributed by atoms with Crippen molar-refractivity contribution in [2.24, 2.45) is 0 Å². The molecule has 0 bridgehead atoms. The smallest absolute Gasteiger partial charge is 0.121 e. The third-order valence-corrected chi connectivity index (χ3v) is 4.42. The predicted molar refractivity (Wildman–Crippen MR) is 105 cm³/mol. The SMILES string of the molecule is CC.CCCn1nnc2c1-c1ccccc1N(C)Cc1ccccc1-2. The fourth-order valence-corrected chi connectivity index (χ4v) is 3.37. The highest BCUT2D eigenvalue weighted by Gasteiger charge is 2.24. The average molecular weight is 334 g/mol. The molecule has 4 heteroatoms. The van der Waals surface area contributed by atoms with Gasteiger partial charge in [0.15, 0.2) is 0 Å². The molecule has 4 rings (SSSR count). The molecular weight excluding hydrogens is 308 g/mol. The molecule has 4 nitrogen and oxygen atoms in total. The molecule has 0 aliphatic carbocycles. The van der Waals surface area contributed by atoms with E-state index in [1.807, 2.05) is 18.5 Å². The highest BCUT2D eigenvalue weighted by Crippen LogP contribution is 2.40. The van der Waals surface area contributed by atoms with E-state index in [2.05, 4.69) is 77.7 Å². The number of benzene rings is 2. The summed E-state index contributed by atoms with van der Waals surface area (Å²) in [6, 6.07) is 17.0. The molecule has 0 radical (unpaired) electrons. The molecule has 0 saturated carbocycles. The molecule has 0 amide bonds. The van der Waals surface area contributed by atoms with Gasteiger partial charge in [0.25, 0.3) is 0 Å². The fourth-order valence-electron chi connectivity index (χ4n) is 3.37. The Hall–Kier alpha value is -2.62. The van der Waals surface area contributed by atoms with E-state index in [0.29, 0.717) is 0 Å². The second-order valence-electron chi connectivity index (χ2n) is 6.04. The Morgan fingerprint density at radius 1 is 0.960 bits per heavy atom. The zero-order valence-electron chi connectivity index (χ0n) is 15.5. The standard InChI is InChI=1S/C19H20N4.C2H6/c1-3-12-23-19-16-10-6-7-11-17(16)22(2)13-14-8-4-5-9-15(14)18(19)20-21-23;1-2/h4-11H,3,12-13H2,1-2H3;1-2H3.